The number of benzene rings is 1. The Morgan fingerprint density at radius 2 is 1.78 bits per heavy atom. The first kappa shape index (κ1) is 17.5. The molecule has 4 rings (SSSR count). The van der Waals surface area contributed by atoms with Crippen LogP contribution in [0.5, 0.6) is 0 Å². The van der Waals surface area contributed by atoms with Crippen LogP contribution >= 0.6 is 0 Å². The quantitative estimate of drug-likeness (QED) is 0.714. The molecule has 1 saturated heterocycles. The Hall–Kier alpha value is -2.93. The van der Waals surface area contributed by atoms with Gasteiger partial charge in [0.2, 0.25) is 0 Å². The summed E-state index contributed by atoms with van der Waals surface area (Å²) in [5, 5.41) is 4.33. The number of para-hydroxylation sites is 1. The molecule has 0 bridgehead atoms. The van der Waals surface area contributed by atoms with Gasteiger partial charge in [-0.15, -0.1) is 0 Å². The van der Waals surface area contributed by atoms with Crippen molar-refractivity contribution in [2.75, 3.05) is 13.1 Å². The maximum Gasteiger partial charge on any atom is 0.259 e. The molecule has 1 aliphatic rings. The molecule has 2 atom stereocenters. The highest BCUT2D eigenvalue weighted by atomic mass is 19.1. The van der Waals surface area contributed by atoms with E-state index in [0.29, 0.717) is 30.2 Å². The maximum atomic E-state index is 14.4. The summed E-state index contributed by atoms with van der Waals surface area (Å²) in [6, 6.07) is 10.1. The van der Waals surface area contributed by atoms with Gasteiger partial charge in [-0.25, -0.2) is 9.07 Å². The second-order valence-electron chi connectivity index (χ2n) is 6.80. The molecule has 6 nitrogen and oxygen atoms in total. The summed E-state index contributed by atoms with van der Waals surface area (Å²) < 4.78 is 23.4. The zero-order valence-electron chi connectivity index (χ0n) is 15.2. The lowest BCUT2D eigenvalue weighted by atomic mass is 10.2. The highest BCUT2D eigenvalue weighted by Gasteiger charge is 2.30. The van der Waals surface area contributed by atoms with E-state index in [1.165, 1.54) is 16.9 Å². The fourth-order valence-corrected chi connectivity index (χ4v) is 3.53. The van der Waals surface area contributed by atoms with Crippen molar-refractivity contribution < 1.29 is 13.9 Å². The highest BCUT2D eigenvalue weighted by molar-refractivity contribution is 5.97. The van der Waals surface area contributed by atoms with Gasteiger partial charge in [-0.2, -0.15) is 5.10 Å². The molecule has 7 heteroatoms. The molecule has 1 fully saturated rings. The van der Waals surface area contributed by atoms with Crippen molar-refractivity contribution in [1.82, 2.24) is 19.2 Å². The Balaban J connectivity index is 1.80. The number of hydrogen-bond acceptors (Lipinski definition) is 3. The van der Waals surface area contributed by atoms with Gasteiger partial charge in [0.25, 0.3) is 5.91 Å². The van der Waals surface area contributed by atoms with Crippen molar-refractivity contribution in [3.63, 3.8) is 0 Å². The van der Waals surface area contributed by atoms with Crippen LogP contribution in [0.1, 0.15) is 24.2 Å². The highest BCUT2D eigenvalue weighted by Crippen LogP contribution is 2.24. The molecular weight excluding hydrogens is 347 g/mol. The largest absolute Gasteiger partial charge is 0.372 e. The minimum atomic E-state index is -0.401. The van der Waals surface area contributed by atoms with Gasteiger partial charge < -0.3 is 14.2 Å². The fraction of sp³-hybridized carbons (Fsp3) is 0.300. The van der Waals surface area contributed by atoms with Gasteiger partial charge in [0, 0.05) is 25.5 Å². The van der Waals surface area contributed by atoms with E-state index in [4.69, 9.17) is 4.74 Å². The van der Waals surface area contributed by atoms with Crippen molar-refractivity contribution in [1.29, 1.82) is 0 Å². The van der Waals surface area contributed by atoms with E-state index in [9.17, 15) is 9.18 Å². The van der Waals surface area contributed by atoms with E-state index in [-0.39, 0.29) is 18.1 Å². The number of halogens is 1. The molecule has 0 N–H and O–H groups in total. The van der Waals surface area contributed by atoms with E-state index in [0.717, 1.165) is 0 Å². The number of carbonyl (C=O) groups excluding carboxylic acids is 1. The zero-order chi connectivity index (χ0) is 19.0. The van der Waals surface area contributed by atoms with Crippen LogP contribution in [0.3, 0.4) is 0 Å². The van der Waals surface area contributed by atoms with Crippen LogP contribution < -0.4 is 0 Å². The van der Waals surface area contributed by atoms with Gasteiger partial charge in [0.15, 0.2) is 5.82 Å². The van der Waals surface area contributed by atoms with Gasteiger partial charge in [-0.05, 0) is 38.1 Å². The molecule has 3 aromatic rings. The van der Waals surface area contributed by atoms with Crippen LogP contribution in [-0.2, 0) is 4.74 Å². The van der Waals surface area contributed by atoms with Crippen LogP contribution in [0.15, 0.2) is 55.0 Å². The predicted molar refractivity (Wildman–Crippen MR) is 98.8 cm³/mol. The number of rotatable bonds is 3. The number of morpholine rings is 1. The molecule has 1 aliphatic heterocycles. The Kier molecular flexibility index (Phi) is 4.53. The first-order valence-corrected chi connectivity index (χ1v) is 8.95. The third kappa shape index (κ3) is 3.26. The molecule has 0 aliphatic carbocycles. The zero-order valence-corrected chi connectivity index (χ0v) is 15.2. The minimum Gasteiger partial charge on any atom is -0.372 e. The second kappa shape index (κ2) is 7.00. The Labute approximate surface area is 156 Å². The first-order valence-electron chi connectivity index (χ1n) is 8.95. The van der Waals surface area contributed by atoms with Crippen molar-refractivity contribution in [2.45, 2.75) is 26.1 Å². The molecule has 0 saturated carbocycles. The van der Waals surface area contributed by atoms with E-state index in [2.05, 4.69) is 5.10 Å². The summed E-state index contributed by atoms with van der Waals surface area (Å²) in [6.45, 7) is 4.93. The van der Waals surface area contributed by atoms with E-state index in [1.54, 1.807) is 27.7 Å². The van der Waals surface area contributed by atoms with Gasteiger partial charge in [0.1, 0.15) is 17.1 Å². The second-order valence-corrected chi connectivity index (χ2v) is 6.80. The van der Waals surface area contributed by atoms with Gasteiger partial charge in [0.05, 0.1) is 18.4 Å². The summed E-state index contributed by atoms with van der Waals surface area (Å²) in [4.78, 5) is 15.0. The Morgan fingerprint density at radius 3 is 2.44 bits per heavy atom. The van der Waals surface area contributed by atoms with Crippen molar-refractivity contribution in [3.05, 3.63) is 66.4 Å². The first-order chi connectivity index (χ1) is 13.0. The Bertz CT molecular complexity index is 941. The fourth-order valence-electron chi connectivity index (χ4n) is 3.53. The standard InChI is InChI=1S/C20H21FN4O2/c1-14-12-24(13-15(2)27-14)20(26)16-11-22-25(18-8-4-3-7-17(18)21)19(16)23-9-5-6-10-23/h3-11,14-15H,12-13H2,1-2H3/t14-,15-/m0/s1. The summed E-state index contributed by atoms with van der Waals surface area (Å²) in [5.41, 5.74) is 0.722. The van der Waals surface area contributed by atoms with E-state index >= 15 is 0 Å². The topological polar surface area (TPSA) is 52.3 Å². The third-order valence-corrected chi connectivity index (χ3v) is 4.61. The molecular formula is C20H21FN4O2. The SMILES string of the molecule is C[C@H]1CN(C(=O)c2cnn(-c3ccccc3F)c2-n2cccc2)C[C@H](C)O1. The molecule has 0 radical (unpaired) electrons. The van der Waals surface area contributed by atoms with Gasteiger partial charge >= 0.3 is 0 Å². The number of ether oxygens (including phenoxy) is 1. The molecule has 3 heterocycles. The predicted octanol–water partition coefficient (Wildman–Crippen LogP) is 3.05. The molecule has 1 amide bonds. The summed E-state index contributed by atoms with van der Waals surface area (Å²) in [5.74, 6) is -0.0215. The lowest BCUT2D eigenvalue weighted by molar-refractivity contribution is -0.0586. The molecule has 27 heavy (non-hydrogen) atoms. The van der Waals surface area contributed by atoms with Crippen molar-refractivity contribution in [2.24, 2.45) is 0 Å². The number of nitrogens with zero attached hydrogens (tertiary/aromatic N) is 4. The number of amides is 1. The third-order valence-electron chi connectivity index (χ3n) is 4.61. The maximum absolute atomic E-state index is 14.4. The monoisotopic (exact) mass is 368 g/mol. The average molecular weight is 368 g/mol. The number of carbonyl (C=O) groups is 1. The van der Waals surface area contributed by atoms with Crippen LogP contribution in [0.4, 0.5) is 4.39 Å². The molecule has 140 valence electrons. The smallest absolute Gasteiger partial charge is 0.259 e. The lowest BCUT2D eigenvalue weighted by Gasteiger charge is -2.35. The van der Waals surface area contributed by atoms with E-state index in [1.807, 2.05) is 38.4 Å². The molecule has 0 spiro atoms. The number of aromatic nitrogens is 3. The van der Waals surface area contributed by atoms with Crippen LogP contribution in [0.2, 0.25) is 0 Å². The molecule has 2 aromatic heterocycles. The van der Waals surface area contributed by atoms with Crippen molar-refractivity contribution in [3.8, 4) is 11.5 Å². The van der Waals surface area contributed by atoms with Crippen LogP contribution in [0.25, 0.3) is 11.5 Å². The normalized spacial score (nSPS) is 20.0. The summed E-state index contributed by atoms with van der Waals surface area (Å²) in [6.07, 6.45) is 5.07. The number of hydrogen-bond donors (Lipinski definition) is 0. The Morgan fingerprint density at radius 1 is 1.11 bits per heavy atom. The van der Waals surface area contributed by atoms with Gasteiger partial charge in [-0.1, -0.05) is 12.1 Å². The molecule has 0 unspecified atom stereocenters. The lowest BCUT2D eigenvalue weighted by Crippen LogP contribution is -2.48. The van der Waals surface area contributed by atoms with Crippen LogP contribution in [-0.4, -0.2) is 50.5 Å². The van der Waals surface area contributed by atoms with Crippen molar-refractivity contribution >= 4 is 5.91 Å². The average Bonchev–Trinajstić information content (AvgIpc) is 3.30. The molecule has 1 aromatic carbocycles. The van der Waals surface area contributed by atoms with Crippen LogP contribution in [0, 0.1) is 5.82 Å². The summed E-state index contributed by atoms with van der Waals surface area (Å²) in [7, 11) is 0. The minimum absolute atomic E-state index is 0.0330. The van der Waals surface area contributed by atoms with Gasteiger partial charge in [-0.3, -0.25) is 4.79 Å². The van der Waals surface area contributed by atoms with E-state index < -0.39 is 5.82 Å². The summed E-state index contributed by atoms with van der Waals surface area (Å²) >= 11 is 0.